The first-order valence-electron chi connectivity index (χ1n) is 11.9. The molecule has 6 heteroatoms. The van der Waals surface area contributed by atoms with Crippen LogP contribution in [0, 0.1) is 6.92 Å². The Hall–Kier alpha value is -3.90. The van der Waals surface area contributed by atoms with E-state index >= 15 is 0 Å². The minimum atomic E-state index is -3.68. The lowest BCUT2D eigenvalue weighted by molar-refractivity contribution is -0.132. The average Bonchev–Trinajstić information content (AvgIpc) is 2.89. The maximum absolute atomic E-state index is 13.2. The molecule has 1 N–H and O–H groups in total. The lowest BCUT2D eigenvalue weighted by atomic mass is 10.1. The summed E-state index contributed by atoms with van der Waals surface area (Å²) < 4.78 is 28.1. The van der Waals surface area contributed by atoms with Gasteiger partial charge in [0.1, 0.15) is 0 Å². The molecule has 184 valence electrons. The zero-order valence-corrected chi connectivity index (χ0v) is 21.1. The van der Waals surface area contributed by atoms with E-state index in [2.05, 4.69) is 4.72 Å². The lowest BCUT2D eigenvalue weighted by Crippen LogP contribution is -2.30. The van der Waals surface area contributed by atoms with Gasteiger partial charge in [-0.1, -0.05) is 90.5 Å². The Morgan fingerprint density at radius 1 is 0.694 bits per heavy atom. The molecule has 0 aromatic heterocycles. The third kappa shape index (κ3) is 7.06. The summed E-state index contributed by atoms with van der Waals surface area (Å²) >= 11 is 0. The molecule has 5 nitrogen and oxygen atoms in total. The number of carbonyl (C=O) groups is 1. The summed E-state index contributed by atoms with van der Waals surface area (Å²) in [5.74, 6) is 0.0560. The fourth-order valence-corrected chi connectivity index (χ4v) is 4.98. The Kier molecular flexibility index (Phi) is 8.18. The van der Waals surface area contributed by atoms with Gasteiger partial charge in [-0.05, 0) is 54.3 Å². The molecular formula is C30H30N2O3S. The normalized spacial score (nSPS) is 11.1. The maximum Gasteiger partial charge on any atom is 0.261 e. The Morgan fingerprint density at radius 3 is 1.75 bits per heavy atom. The molecular weight excluding hydrogens is 468 g/mol. The first kappa shape index (κ1) is 25.2. The molecule has 0 fully saturated rings. The van der Waals surface area contributed by atoms with Gasteiger partial charge in [-0.25, -0.2) is 8.42 Å². The van der Waals surface area contributed by atoms with E-state index in [1.165, 1.54) is 0 Å². The highest BCUT2D eigenvalue weighted by Gasteiger charge is 2.17. The fourth-order valence-electron chi connectivity index (χ4n) is 3.92. The van der Waals surface area contributed by atoms with E-state index in [1.54, 1.807) is 36.4 Å². The number of sulfonamides is 1. The molecule has 0 saturated carbocycles. The van der Waals surface area contributed by atoms with Gasteiger partial charge in [0.05, 0.1) is 4.90 Å². The van der Waals surface area contributed by atoms with Crippen LogP contribution in [0.25, 0.3) is 0 Å². The van der Waals surface area contributed by atoms with E-state index in [0.717, 1.165) is 22.3 Å². The van der Waals surface area contributed by atoms with E-state index in [1.807, 2.05) is 84.6 Å². The van der Waals surface area contributed by atoms with Crippen molar-refractivity contribution in [2.24, 2.45) is 0 Å². The SMILES string of the molecule is Cc1ccc(NS(=O)(=O)c2ccc(CCC(=O)N(Cc3ccccc3)Cc3ccccc3)cc2)cc1. The number of nitrogens with zero attached hydrogens (tertiary/aromatic N) is 1. The number of hydrogen-bond acceptors (Lipinski definition) is 3. The summed E-state index contributed by atoms with van der Waals surface area (Å²) in [7, 11) is -3.68. The number of amides is 1. The van der Waals surface area contributed by atoms with Gasteiger partial charge in [0, 0.05) is 25.2 Å². The van der Waals surface area contributed by atoms with Crippen LogP contribution in [0.15, 0.2) is 114 Å². The quantitative estimate of drug-likeness (QED) is 0.293. The predicted molar refractivity (Wildman–Crippen MR) is 144 cm³/mol. The molecule has 4 rings (SSSR count). The number of benzene rings is 4. The van der Waals surface area contributed by atoms with Crippen molar-refractivity contribution in [3.63, 3.8) is 0 Å². The second kappa shape index (κ2) is 11.7. The second-order valence-corrected chi connectivity index (χ2v) is 10.5. The van der Waals surface area contributed by atoms with Gasteiger partial charge in [0.15, 0.2) is 0 Å². The number of aryl methyl sites for hydroxylation is 2. The van der Waals surface area contributed by atoms with Crippen molar-refractivity contribution in [3.05, 3.63) is 131 Å². The van der Waals surface area contributed by atoms with Crippen LogP contribution in [0.2, 0.25) is 0 Å². The third-order valence-corrected chi connectivity index (χ3v) is 7.35. The molecule has 0 aliphatic rings. The van der Waals surface area contributed by atoms with Crippen molar-refractivity contribution in [2.75, 3.05) is 4.72 Å². The Morgan fingerprint density at radius 2 is 1.22 bits per heavy atom. The van der Waals surface area contributed by atoms with E-state index in [-0.39, 0.29) is 10.8 Å². The van der Waals surface area contributed by atoms with Crippen LogP contribution in [0.5, 0.6) is 0 Å². The molecule has 36 heavy (non-hydrogen) atoms. The highest BCUT2D eigenvalue weighted by Crippen LogP contribution is 2.18. The highest BCUT2D eigenvalue weighted by molar-refractivity contribution is 7.92. The van der Waals surface area contributed by atoms with E-state index in [0.29, 0.717) is 31.6 Å². The summed E-state index contributed by atoms with van der Waals surface area (Å²) in [6.07, 6.45) is 0.873. The number of hydrogen-bond donors (Lipinski definition) is 1. The maximum atomic E-state index is 13.2. The smallest absolute Gasteiger partial charge is 0.261 e. The topological polar surface area (TPSA) is 66.5 Å². The molecule has 4 aromatic carbocycles. The summed E-state index contributed by atoms with van der Waals surface area (Å²) in [6, 6.07) is 33.8. The van der Waals surface area contributed by atoms with Crippen LogP contribution in [0.1, 0.15) is 28.7 Å². The summed E-state index contributed by atoms with van der Waals surface area (Å²) in [4.78, 5) is 15.3. The minimum Gasteiger partial charge on any atom is -0.334 e. The van der Waals surface area contributed by atoms with Gasteiger partial charge in [0.2, 0.25) is 5.91 Å². The second-order valence-electron chi connectivity index (χ2n) is 8.84. The number of nitrogens with one attached hydrogen (secondary N) is 1. The van der Waals surface area contributed by atoms with Gasteiger partial charge in [-0.2, -0.15) is 0 Å². The number of rotatable bonds is 10. The Balaban J connectivity index is 1.40. The van der Waals surface area contributed by atoms with Crippen molar-refractivity contribution in [1.82, 2.24) is 4.90 Å². The molecule has 0 unspecified atom stereocenters. The molecule has 4 aromatic rings. The van der Waals surface area contributed by atoms with E-state index < -0.39 is 10.0 Å². The van der Waals surface area contributed by atoms with E-state index in [4.69, 9.17) is 0 Å². The predicted octanol–water partition coefficient (Wildman–Crippen LogP) is 5.96. The van der Waals surface area contributed by atoms with E-state index in [9.17, 15) is 13.2 Å². The van der Waals surface area contributed by atoms with Crippen molar-refractivity contribution in [2.45, 2.75) is 37.8 Å². The molecule has 0 spiro atoms. The lowest BCUT2D eigenvalue weighted by Gasteiger charge is -2.23. The molecule has 0 aliphatic heterocycles. The zero-order chi connectivity index (χ0) is 25.4. The van der Waals surface area contributed by atoms with Crippen molar-refractivity contribution >= 4 is 21.6 Å². The van der Waals surface area contributed by atoms with Gasteiger partial charge >= 0.3 is 0 Å². The molecule has 0 aliphatic carbocycles. The van der Waals surface area contributed by atoms with Gasteiger partial charge in [-0.3, -0.25) is 9.52 Å². The standard InChI is InChI=1S/C30H30N2O3S/c1-24-12-17-28(18-13-24)31-36(34,35)29-19-14-25(15-20-29)16-21-30(33)32(22-26-8-4-2-5-9-26)23-27-10-6-3-7-11-27/h2-15,17-20,31H,16,21-23H2,1H3. The largest absolute Gasteiger partial charge is 0.334 e. The number of carbonyl (C=O) groups excluding carboxylic acids is 1. The van der Waals surface area contributed by atoms with Crippen LogP contribution >= 0.6 is 0 Å². The van der Waals surface area contributed by atoms with Crippen molar-refractivity contribution in [3.8, 4) is 0 Å². The third-order valence-electron chi connectivity index (χ3n) is 5.95. The highest BCUT2D eigenvalue weighted by atomic mass is 32.2. The van der Waals surface area contributed by atoms with Gasteiger partial charge in [0.25, 0.3) is 10.0 Å². The molecule has 1 amide bonds. The minimum absolute atomic E-state index is 0.0560. The van der Waals surface area contributed by atoms with Gasteiger partial charge < -0.3 is 4.90 Å². The van der Waals surface area contributed by atoms with Crippen LogP contribution in [-0.2, 0) is 34.3 Å². The molecule has 0 saturated heterocycles. The van der Waals surface area contributed by atoms with Crippen LogP contribution < -0.4 is 4.72 Å². The molecule has 0 bridgehead atoms. The summed E-state index contributed by atoms with van der Waals surface area (Å²) in [5, 5.41) is 0. The molecule has 0 atom stereocenters. The molecule has 0 radical (unpaired) electrons. The zero-order valence-electron chi connectivity index (χ0n) is 20.3. The van der Waals surface area contributed by atoms with Gasteiger partial charge in [-0.15, -0.1) is 0 Å². The summed E-state index contributed by atoms with van der Waals surface area (Å²) in [6.45, 7) is 3.02. The first-order valence-corrected chi connectivity index (χ1v) is 13.4. The van der Waals surface area contributed by atoms with Crippen molar-refractivity contribution in [1.29, 1.82) is 0 Å². The molecule has 0 heterocycles. The number of anilines is 1. The van der Waals surface area contributed by atoms with Crippen LogP contribution in [0.3, 0.4) is 0 Å². The fraction of sp³-hybridized carbons (Fsp3) is 0.167. The summed E-state index contributed by atoms with van der Waals surface area (Å²) in [5.41, 5.74) is 4.65. The monoisotopic (exact) mass is 498 g/mol. The first-order chi connectivity index (χ1) is 17.4. The Labute approximate surface area is 213 Å². The Bertz CT molecular complexity index is 1330. The van der Waals surface area contributed by atoms with Crippen molar-refractivity contribution < 1.29 is 13.2 Å². The van der Waals surface area contributed by atoms with Crippen LogP contribution in [0.4, 0.5) is 5.69 Å². The van der Waals surface area contributed by atoms with Crippen LogP contribution in [-0.4, -0.2) is 19.2 Å². The average molecular weight is 499 g/mol.